The molecular formula is C21H22FN3O3. The minimum Gasteiger partial charge on any atom is -0.477 e. The molecule has 3 rings (SSSR count). The Kier molecular flexibility index (Phi) is 6.49. The first-order chi connectivity index (χ1) is 13.6. The first kappa shape index (κ1) is 19.7. The number of carbonyl (C=O) groups is 1. The number of amides is 1. The van der Waals surface area contributed by atoms with Crippen molar-refractivity contribution in [2.45, 2.75) is 13.3 Å². The van der Waals surface area contributed by atoms with Gasteiger partial charge >= 0.3 is 0 Å². The largest absolute Gasteiger partial charge is 0.477 e. The molecule has 146 valence electrons. The maximum absolute atomic E-state index is 14.9. The van der Waals surface area contributed by atoms with E-state index in [0.29, 0.717) is 31.1 Å². The van der Waals surface area contributed by atoms with Gasteiger partial charge in [-0.25, -0.2) is 9.38 Å². The fraction of sp³-hybridized carbons (Fsp3) is 0.286. The zero-order chi connectivity index (χ0) is 19.9. The quantitative estimate of drug-likeness (QED) is 0.609. The third-order valence-electron chi connectivity index (χ3n) is 4.34. The molecule has 2 heterocycles. The summed E-state index contributed by atoms with van der Waals surface area (Å²) in [5, 5.41) is 2.66. The number of anilines is 1. The van der Waals surface area contributed by atoms with Crippen molar-refractivity contribution in [2.24, 2.45) is 10.9 Å². The molecule has 1 amide bonds. The molecular weight excluding hydrogens is 361 g/mol. The van der Waals surface area contributed by atoms with E-state index >= 15 is 0 Å². The molecule has 1 fully saturated rings. The minimum atomic E-state index is -0.542. The number of pyridine rings is 1. The Labute approximate surface area is 163 Å². The Morgan fingerprint density at radius 2 is 2.36 bits per heavy atom. The highest BCUT2D eigenvalue weighted by Crippen LogP contribution is 2.22. The first-order valence-electron chi connectivity index (χ1n) is 9.00. The Bertz CT molecular complexity index is 855. The van der Waals surface area contributed by atoms with E-state index in [-0.39, 0.29) is 23.1 Å². The monoisotopic (exact) mass is 383 g/mol. The van der Waals surface area contributed by atoms with Crippen LogP contribution in [0.4, 0.5) is 10.1 Å². The van der Waals surface area contributed by atoms with Crippen molar-refractivity contribution >= 4 is 17.5 Å². The van der Waals surface area contributed by atoms with Crippen molar-refractivity contribution in [3.63, 3.8) is 0 Å². The number of halogens is 1. The summed E-state index contributed by atoms with van der Waals surface area (Å²) < 4.78 is 25.9. The predicted octanol–water partition coefficient (Wildman–Crippen LogP) is 3.72. The highest BCUT2D eigenvalue weighted by molar-refractivity contribution is 6.03. The maximum Gasteiger partial charge on any atom is 0.274 e. The van der Waals surface area contributed by atoms with Gasteiger partial charge in [0.15, 0.2) is 0 Å². The van der Waals surface area contributed by atoms with Gasteiger partial charge in [0.1, 0.15) is 11.5 Å². The summed E-state index contributed by atoms with van der Waals surface area (Å²) >= 11 is 0. The molecule has 1 aliphatic heterocycles. The number of hydrogen-bond acceptors (Lipinski definition) is 5. The van der Waals surface area contributed by atoms with Crippen LogP contribution in [0, 0.1) is 18.7 Å². The molecule has 1 aromatic carbocycles. The number of aromatic nitrogens is 1. The molecule has 6 nitrogen and oxygen atoms in total. The van der Waals surface area contributed by atoms with Crippen LogP contribution < -0.4 is 5.32 Å². The zero-order valence-electron chi connectivity index (χ0n) is 15.7. The standard InChI is InChI=1S/C21H22FN3O3/c1-3-23-21(28-13-15-7-9-27-12-15)19-14(2)10-16(11-17(19)22)25-20(26)18-6-4-5-8-24-18/h3-6,8,10-11,15H,1,7,9,12-13H2,2H3,(H,25,26)/b23-21+. The molecule has 0 radical (unpaired) electrons. The fourth-order valence-electron chi connectivity index (χ4n) is 2.95. The van der Waals surface area contributed by atoms with E-state index in [1.54, 1.807) is 31.2 Å². The second-order valence-electron chi connectivity index (χ2n) is 6.48. The van der Waals surface area contributed by atoms with E-state index in [4.69, 9.17) is 9.47 Å². The zero-order valence-corrected chi connectivity index (χ0v) is 15.7. The van der Waals surface area contributed by atoms with Crippen LogP contribution in [-0.2, 0) is 9.47 Å². The lowest BCUT2D eigenvalue weighted by molar-refractivity contribution is 0.102. The van der Waals surface area contributed by atoms with Crippen LogP contribution in [0.2, 0.25) is 0 Å². The molecule has 1 saturated heterocycles. The number of aliphatic imine (C=N–C) groups is 1. The molecule has 28 heavy (non-hydrogen) atoms. The third kappa shape index (κ3) is 4.80. The highest BCUT2D eigenvalue weighted by Gasteiger charge is 2.21. The van der Waals surface area contributed by atoms with E-state index < -0.39 is 11.7 Å². The highest BCUT2D eigenvalue weighted by atomic mass is 19.1. The predicted molar refractivity (Wildman–Crippen MR) is 105 cm³/mol. The van der Waals surface area contributed by atoms with Crippen LogP contribution in [0.25, 0.3) is 0 Å². The van der Waals surface area contributed by atoms with E-state index in [1.165, 1.54) is 18.5 Å². The third-order valence-corrected chi connectivity index (χ3v) is 4.34. The number of nitrogens with zero attached hydrogens (tertiary/aromatic N) is 2. The second kappa shape index (κ2) is 9.23. The number of nitrogens with one attached hydrogen (secondary N) is 1. The molecule has 0 aliphatic carbocycles. The van der Waals surface area contributed by atoms with E-state index in [2.05, 4.69) is 21.9 Å². The second-order valence-corrected chi connectivity index (χ2v) is 6.48. The van der Waals surface area contributed by atoms with Gasteiger partial charge in [-0.3, -0.25) is 9.78 Å². The summed E-state index contributed by atoms with van der Waals surface area (Å²) in [6.45, 7) is 7.04. The van der Waals surface area contributed by atoms with Gasteiger partial charge in [0.2, 0.25) is 5.90 Å². The average molecular weight is 383 g/mol. The van der Waals surface area contributed by atoms with Crippen LogP contribution in [0.5, 0.6) is 0 Å². The van der Waals surface area contributed by atoms with Crippen molar-refractivity contribution in [1.82, 2.24) is 4.98 Å². The SMILES string of the molecule is C=C/N=C(/OCC1CCOC1)c1c(C)cc(NC(=O)c2ccccn2)cc1F. The van der Waals surface area contributed by atoms with E-state index in [0.717, 1.165) is 6.42 Å². The lowest BCUT2D eigenvalue weighted by Crippen LogP contribution is -2.18. The van der Waals surface area contributed by atoms with Crippen LogP contribution in [0.1, 0.15) is 28.0 Å². The Morgan fingerprint density at radius 3 is 3.00 bits per heavy atom. The molecule has 1 unspecified atom stereocenters. The van der Waals surface area contributed by atoms with Crippen molar-refractivity contribution < 1.29 is 18.7 Å². The number of hydrogen-bond donors (Lipinski definition) is 1. The fourth-order valence-corrected chi connectivity index (χ4v) is 2.95. The summed E-state index contributed by atoms with van der Waals surface area (Å²) in [5.41, 5.74) is 1.41. The summed E-state index contributed by atoms with van der Waals surface area (Å²) in [6.07, 6.45) is 3.74. The molecule has 1 atom stereocenters. The van der Waals surface area contributed by atoms with Crippen molar-refractivity contribution in [2.75, 3.05) is 25.1 Å². The number of rotatable bonds is 6. The number of ether oxygens (including phenoxy) is 2. The molecule has 1 N–H and O–H groups in total. The van der Waals surface area contributed by atoms with Crippen molar-refractivity contribution in [3.05, 3.63) is 71.9 Å². The number of carbonyl (C=O) groups excluding carboxylic acids is 1. The lowest BCUT2D eigenvalue weighted by Gasteiger charge is -2.16. The Hall–Kier alpha value is -3.06. The topological polar surface area (TPSA) is 72.8 Å². The van der Waals surface area contributed by atoms with Gasteiger partial charge in [0, 0.05) is 30.6 Å². The molecule has 2 aromatic rings. The first-order valence-corrected chi connectivity index (χ1v) is 9.00. The summed E-state index contributed by atoms with van der Waals surface area (Å²) in [7, 11) is 0. The van der Waals surface area contributed by atoms with Gasteiger partial charge < -0.3 is 14.8 Å². The Balaban J connectivity index is 1.78. The molecule has 7 heteroatoms. The summed E-state index contributed by atoms with van der Waals surface area (Å²) in [4.78, 5) is 20.3. The molecule has 1 aliphatic rings. The molecule has 0 bridgehead atoms. The van der Waals surface area contributed by atoms with Gasteiger partial charge in [0.25, 0.3) is 5.91 Å². The number of benzene rings is 1. The molecule has 0 spiro atoms. The van der Waals surface area contributed by atoms with Gasteiger partial charge in [-0.15, -0.1) is 0 Å². The smallest absolute Gasteiger partial charge is 0.274 e. The van der Waals surface area contributed by atoms with Crippen LogP contribution in [0.15, 0.2) is 54.3 Å². The maximum atomic E-state index is 14.9. The van der Waals surface area contributed by atoms with Gasteiger partial charge in [-0.05, 0) is 43.2 Å². The normalized spacial score (nSPS) is 16.6. The molecule has 1 aromatic heterocycles. The van der Waals surface area contributed by atoms with Crippen molar-refractivity contribution in [1.29, 1.82) is 0 Å². The van der Waals surface area contributed by atoms with Crippen molar-refractivity contribution in [3.8, 4) is 0 Å². The molecule has 0 saturated carbocycles. The number of aryl methyl sites for hydroxylation is 1. The summed E-state index contributed by atoms with van der Waals surface area (Å²) in [6, 6.07) is 7.92. The van der Waals surface area contributed by atoms with E-state index in [1.807, 2.05) is 0 Å². The van der Waals surface area contributed by atoms with Gasteiger partial charge in [-0.1, -0.05) is 12.6 Å². The van der Waals surface area contributed by atoms with Gasteiger partial charge in [-0.2, -0.15) is 0 Å². The van der Waals surface area contributed by atoms with Crippen LogP contribution in [-0.4, -0.2) is 36.6 Å². The lowest BCUT2D eigenvalue weighted by atomic mass is 10.1. The Morgan fingerprint density at radius 1 is 1.50 bits per heavy atom. The van der Waals surface area contributed by atoms with E-state index in [9.17, 15) is 9.18 Å². The summed E-state index contributed by atoms with van der Waals surface area (Å²) in [5.74, 6) is -0.529. The van der Waals surface area contributed by atoms with Crippen LogP contribution >= 0.6 is 0 Å². The van der Waals surface area contributed by atoms with Gasteiger partial charge in [0.05, 0.1) is 18.8 Å². The average Bonchev–Trinajstić information content (AvgIpc) is 3.20. The minimum absolute atomic E-state index is 0.166. The van der Waals surface area contributed by atoms with Crippen LogP contribution in [0.3, 0.4) is 0 Å².